The molecular weight excluding hydrogens is 240 g/mol. The van der Waals surface area contributed by atoms with Crippen molar-refractivity contribution >= 4 is 17.3 Å². The molecule has 2 fully saturated rings. The molecule has 3 heteroatoms. The maximum atomic E-state index is 5.59. The van der Waals surface area contributed by atoms with E-state index >= 15 is 0 Å². The summed E-state index contributed by atoms with van der Waals surface area (Å²) in [5.41, 5.74) is 0.953. The summed E-state index contributed by atoms with van der Waals surface area (Å²) in [6.07, 6.45) is 6.39. The van der Waals surface area contributed by atoms with E-state index in [9.17, 15) is 0 Å². The summed E-state index contributed by atoms with van der Waals surface area (Å²) in [5, 5.41) is 4.44. The topological polar surface area (TPSA) is 15.3 Å². The van der Waals surface area contributed by atoms with Crippen LogP contribution in [0.2, 0.25) is 0 Å². The molecule has 0 aromatic carbocycles. The minimum atomic E-state index is 0.475. The first kappa shape index (κ1) is 14.1. The fourth-order valence-corrected chi connectivity index (χ4v) is 4.49. The Hall–Kier alpha value is -0.310. The SMILES string of the molecule is CCCCNC(=S)N1C[C@@]2(C)C[C@@H]1CC(C)(C)C2. The molecule has 1 heterocycles. The quantitative estimate of drug-likeness (QED) is 0.622. The van der Waals surface area contributed by atoms with Gasteiger partial charge in [-0.1, -0.05) is 34.1 Å². The van der Waals surface area contributed by atoms with Crippen LogP contribution in [0.15, 0.2) is 0 Å². The van der Waals surface area contributed by atoms with Crippen LogP contribution in [0.1, 0.15) is 59.8 Å². The van der Waals surface area contributed by atoms with Crippen molar-refractivity contribution in [2.75, 3.05) is 13.1 Å². The number of unbranched alkanes of at least 4 members (excludes halogenated alkanes) is 1. The van der Waals surface area contributed by atoms with Gasteiger partial charge in [0.2, 0.25) is 0 Å². The van der Waals surface area contributed by atoms with Crippen molar-refractivity contribution in [1.82, 2.24) is 10.2 Å². The molecule has 2 aliphatic rings. The summed E-state index contributed by atoms with van der Waals surface area (Å²) in [6.45, 7) is 11.7. The molecule has 2 nitrogen and oxygen atoms in total. The number of fused-ring (bicyclic) bond motifs is 2. The molecule has 2 atom stereocenters. The van der Waals surface area contributed by atoms with Crippen LogP contribution in [-0.4, -0.2) is 29.1 Å². The van der Waals surface area contributed by atoms with E-state index in [0.29, 0.717) is 16.9 Å². The van der Waals surface area contributed by atoms with Gasteiger partial charge in [0, 0.05) is 19.1 Å². The normalized spacial score (nSPS) is 33.6. The van der Waals surface area contributed by atoms with Gasteiger partial charge in [0.05, 0.1) is 0 Å². The fraction of sp³-hybridized carbons (Fsp3) is 0.933. The molecule has 0 amide bonds. The van der Waals surface area contributed by atoms with E-state index < -0.39 is 0 Å². The van der Waals surface area contributed by atoms with Crippen LogP contribution >= 0.6 is 12.2 Å². The van der Waals surface area contributed by atoms with Crippen LogP contribution in [0.5, 0.6) is 0 Å². The van der Waals surface area contributed by atoms with Crippen LogP contribution in [0, 0.1) is 10.8 Å². The average molecular weight is 268 g/mol. The lowest BCUT2D eigenvalue weighted by atomic mass is 9.65. The molecule has 2 bridgehead atoms. The monoisotopic (exact) mass is 268 g/mol. The van der Waals surface area contributed by atoms with E-state index in [1.807, 2.05) is 0 Å². The summed E-state index contributed by atoms with van der Waals surface area (Å²) in [4.78, 5) is 2.47. The van der Waals surface area contributed by atoms with Gasteiger partial charge in [-0.2, -0.15) is 0 Å². The van der Waals surface area contributed by atoms with Crippen LogP contribution in [0.4, 0.5) is 0 Å². The zero-order valence-electron chi connectivity index (χ0n) is 12.4. The maximum absolute atomic E-state index is 5.59. The van der Waals surface area contributed by atoms with Gasteiger partial charge >= 0.3 is 0 Å². The van der Waals surface area contributed by atoms with Crippen LogP contribution in [0.25, 0.3) is 0 Å². The highest BCUT2D eigenvalue weighted by molar-refractivity contribution is 7.80. The summed E-state index contributed by atoms with van der Waals surface area (Å²) in [6, 6.07) is 0.667. The molecule has 0 aromatic rings. The average Bonchev–Trinajstić information content (AvgIpc) is 2.48. The Morgan fingerprint density at radius 2 is 2.06 bits per heavy atom. The summed E-state index contributed by atoms with van der Waals surface area (Å²) >= 11 is 5.59. The zero-order chi connectivity index (χ0) is 13.4. The first-order chi connectivity index (χ1) is 8.35. The summed E-state index contributed by atoms with van der Waals surface area (Å²) < 4.78 is 0. The number of hydrogen-bond donors (Lipinski definition) is 1. The molecule has 18 heavy (non-hydrogen) atoms. The number of hydrogen-bond acceptors (Lipinski definition) is 1. The molecule has 0 spiro atoms. The van der Waals surface area contributed by atoms with Crippen molar-refractivity contribution in [3.63, 3.8) is 0 Å². The Labute approximate surface area is 118 Å². The Morgan fingerprint density at radius 3 is 2.72 bits per heavy atom. The highest BCUT2D eigenvalue weighted by atomic mass is 32.1. The molecule has 0 unspecified atom stereocenters. The molecule has 104 valence electrons. The third-order valence-electron chi connectivity index (χ3n) is 4.48. The van der Waals surface area contributed by atoms with Gasteiger partial charge in [-0.25, -0.2) is 0 Å². The van der Waals surface area contributed by atoms with E-state index in [0.717, 1.165) is 18.2 Å². The predicted molar refractivity (Wildman–Crippen MR) is 81.7 cm³/mol. The second-order valence-electron chi connectivity index (χ2n) is 7.43. The third-order valence-corrected chi connectivity index (χ3v) is 4.86. The maximum Gasteiger partial charge on any atom is 0.169 e. The second-order valence-corrected chi connectivity index (χ2v) is 7.81. The molecule has 1 saturated heterocycles. The number of nitrogens with zero attached hydrogens (tertiary/aromatic N) is 1. The van der Waals surface area contributed by atoms with Crippen molar-refractivity contribution in [2.24, 2.45) is 10.8 Å². The Bertz CT molecular complexity index is 326. The minimum Gasteiger partial charge on any atom is -0.363 e. The van der Waals surface area contributed by atoms with E-state index in [4.69, 9.17) is 12.2 Å². The molecule has 0 radical (unpaired) electrons. The van der Waals surface area contributed by atoms with Crippen LogP contribution in [0.3, 0.4) is 0 Å². The summed E-state index contributed by atoms with van der Waals surface area (Å²) in [7, 11) is 0. The van der Waals surface area contributed by atoms with E-state index in [2.05, 4.69) is 37.9 Å². The predicted octanol–water partition coefficient (Wildman–Crippen LogP) is 3.56. The van der Waals surface area contributed by atoms with Gasteiger partial charge in [-0.3, -0.25) is 0 Å². The number of thiocarbonyl (C=S) groups is 1. The van der Waals surface area contributed by atoms with Gasteiger partial charge in [0.1, 0.15) is 0 Å². The first-order valence-corrected chi connectivity index (χ1v) is 7.81. The van der Waals surface area contributed by atoms with Crippen molar-refractivity contribution in [3.05, 3.63) is 0 Å². The molecule has 1 aliphatic heterocycles. The zero-order valence-corrected chi connectivity index (χ0v) is 13.2. The van der Waals surface area contributed by atoms with Crippen LogP contribution < -0.4 is 5.32 Å². The lowest BCUT2D eigenvalue weighted by molar-refractivity contribution is 0.132. The van der Waals surface area contributed by atoms with Gasteiger partial charge in [0.15, 0.2) is 5.11 Å². The largest absolute Gasteiger partial charge is 0.363 e. The minimum absolute atomic E-state index is 0.475. The first-order valence-electron chi connectivity index (χ1n) is 7.40. The highest BCUT2D eigenvalue weighted by Crippen LogP contribution is 2.52. The smallest absolute Gasteiger partial charge is 0.169 e. The second kappa shape index (κ2) is 4.99. The number of likely N-dealkylation sites (tertiary alicyclic amines) is 1. The fourth-order valence-electron chi connectivity index (χ4n) is 4.17. The molecule has 1 aliphatic carbocycles. The molecule has 2 rings (SSSR count). The van der Waals surface area contributed by atoms with E-state index in [1.54, 1.807) is 0 Å². The Kier molecular flexibility index (Phi) is 3.91. The van der Waals surface area contributed by atoms with Crippen molar-refractivity contribution in [3.8, 4) is 0 Å². The lowest BCUT2D eigenvalue weighted by Gasteiger charge is -2.39. The molecule has 1 N–H and O–H groups in total. The standard InChI is InChI=1S/C15H28N2S/c1-5-6-7-16-13(18)17-11-15(4)9-12(17)8-14(2,3)10-15/h12H,5-11H2,1-4H3,(H,16,18)/t12-,15-/m0/s1. The van der Waals surface area contributed by atoms with Crippen molar-refractivity contribution in [2.45, 2.75) is 65.8 Å². The number of nitrogens with one attached hydrogen (secondary N) is 1. The van der Waals surface area contributed by atoms with E-state index in [-0.39, 0.29) is 0 Å². The highest BCUT2D eigenvalue weighted by Gasteiger charge is 2.50. The summed E-state index contributed by atoms with van der Waals surface area (Å²) in [5.74, 6) is 0. The Balaban J connectivity index is 1.98. The van der Waals surface area contributed by atoms with Gasteiger partial charge in [-0.15, -0.1) is 0 Å². The van der Waals surface area contributed by atoms with Gasteiger partial charge < -0.3 is 10.2 Å². The third kappa shape index (κ3) is 2.98. The molecule has 1 saturated carbocycles. The number of rotatable bonds is 3. The lowest BCUT2D eigenvalue weighted by Crippen LogP contribution is -2.43. The molecule has 0 aromatic heterocycles. The molecular formula is C15H28N2S. The van der Waals surface area contributed by atoms with Gasteiger partial charge in [0.25, 0.3) is 0 Å². The van der Waals surface area contributed by atoms with Crippen molar-refractivity contribution < 1.29 is 0 Å². The van der Waals surface area contributed by atoms with Crippen LogP contribution in [-0.2, 0) is 0 Å². The van der Waals surface area contributed by atoms with Crippen molar-refractivity contribution in [1.29, 1.82) is 0 Å². The van der Waals surface area contributed by atoms with E-state index in [1.165, 1.54) is 32.1 Å². The Morgan fingerprint density at radius 1 is 1.33 bits per heavy atom. The van der Waals surface area contributed by atoms with Gasteiger partial charge in [-0.05, 0) is 48.7 Å².